The number of likely N-dealkylation sites (tertiary alicyclic amines) is 1. The van der Waals surface area contributed by atoms with Gasteiger partial charge in [-0.25, -0.2) is 0 Å². The normalized spacial score (nSPS) is 17.8. The molecule has 1 aliphatic heterocycles. The van der Waals surface area contributed by atoms with E-state index in [-0.39, 0.29) is 17.6 Å². The van der Waals surface area contributed by atoms with Crippen molar-refractivity contribution in [3.8, 4) is 5.75 Å². The molecular formula is C20H31ClN2O2S. The molecule has 0 aliphatic carbocycles. The molecule has 0 aromatic heterocycles. The highest BCUT2D eigenvalue weighted by atomic mass is 35.5. The first-order valence-electron chi connectivity index (χ1n) is 9.21. The Morgan fingerprint density at radius 2 is 2.04 bits per heavy atom. The largest absolute Gasteiger partial charge is 0.489 e. The van der Waals surface area contributed by atoms with Gasteiger partial charge in [0.1, 0.15) is 11.9 Å². The van der Waals surface area contributed by atoms with Crippen LogP contribution in [0.15, 0.2) is 18.2 Å². The van der Waals surface area contributed by atoms with Crippen molar-refractivity contribution >= 4 is 29.3 Å². The summed E-state index contributed by atoms with van der Waals surface area (Å²) in [5.74, 6) is 1.62. The van der Waals surface area contributed by atoms with Crippen LogP contribution in [0.1, 0.15) is 50.9 Å². The molecule has 1 amide bonds. The Morgan fingerprint density at radius 1 is 1.38 bits per heavy atom. The number of rotatable bonds is 6. The van der Waals surface area contributed by atoms with Crippen molar-refractivity contribution in [1.29, 1.82) is 0 Å². The van der Waals surface area contributed by atoms with Crippen LogP contribution in [0.2, 0.25) is 5.02 Å². The molecule has 1 N–H and O–H groups in total. The van der Waals surface area contributed by atoms with E-state index in [0.717, 1.165) is 31.7 Å². The fraction of sp³-hybridized carbons (Fsp3) is 0.650. The van der Waals surface area contributed by atoms with Gasteiger partial charge in [-0.1, -0.05) is 11.6 Å². The first-order chi connectivity index (χ1) is 12.2. The summed E-state index contributed by atoms with van der Waals surface area (Å²) in [7, 11) is 0. The minimum Gasteiger partial charge on any atom is -0.489 e. The van der Waals surface area contributed by atoms with Crippen LogP contribution in [0.5, 0.6) is 5.75 Å². The monoisotopic (exact) mass is 398 g/mol. The van der Waals surface area contributed by atoms with E-state index >= 15 is 0 Å². The van der Waals surface area contributed by atoms with E-state index in [1.807, 2.05) is 38.6 Å². The van der Waals surface area contributed by atoms with Crippen LogP contribution in [0.3, 0.4) is 0 Å². The molecule has 1 saturated heterocycles. The smallest absolute Gasteiger partial charge is 0.255 e. The summed E-state index contributed by atoms with van der Waals surface area (Å²) in [6, 6.07) is 5.87. The van der Waals surface area contributed by atoms with Gasteiger partial charge in [0.05, 0.1) is 5.56 Å². The Balaban J connectivity index is 2.03. The first-order valence-corrected chi connectivity index (χ1v) is 11.0. The van der Waals surface area contributed by atoms with E-state index < -0.39 is 0 Å². The van der Waals surface area contributed by atoms with Crippen molar-refractivity contribution in [2.45, 2.75) is 58.2 Å². The summed E-state index contributed by atoms with van der Waals surface area (Å²) in [5.41, 5.74) is 0.195. The summed E-state index contributed by atoms with van der Waals surface area (Å²) in [6.45, 7) is 10.2. The van der Waals surface area contributed by atoms with Crippen LogP contribution in [0.4, 0.5) is 0 Å². The quantitative estimate of drug-likeness (QED) is 0.767. The second kappa shape index (κ2) is 9.34. The van der Waals surface area contributed by atoms with Crippen LogP contribution >= 0.6 is 23.4 Å². The van der Waals surface area contributed by atoms with Crippen LogP contribution in [-0.2, 0) is 0 Å². The Kier molecular flexibility index (Phi) is 7.68. The third-order valence-corrected chi connectivity index (χ3v) is 5.53. The summed E-state index contributed by atoms with van der Waals surface area (Å²) >= 11 is 8.00. The van der Waals surface area contributed by atoms with Crippen molar-refractivity contribution in [3.05, 3.63) is 28.8 Å². The molecule has 1 aromatic rings. The second-order valence-electron chi connectivity index (χ2n) is 8.00. The predicted molar refractivity (Wildman–Crippen MR) is 112 cm³/mol. The Hall–Kier alpha value is -0.910. The average Bonchev–Trinajstić information content (AvgIpc) is 2.55. The Labute approximate surface area is 167 Å². The minimum atomic E-state index is -0.310. The molecule has 2 rings (SSSR count). The third kappa shape index (κ3) is 6.36. The van der Waals surface area contributed by atoms with Crippen molar-refractivity contribution in [2.75, 3.05) is 25.1 Å². The maximum Gasteiger partial charge on any atom is 0.255 e. The van der Waals surface area contributed by atoms with Gasteiger partial charge < -0.3 is 10.1 Å². The molecule has 146 valence electrons. The molecule has 1 atom stereocenters. The van der Waals surface area contributed by atoms with Gasteiger partial charge >= 0.3 is 0 Å². The number of hydrogen-bond acceptors (Lipinski definition) is 4. The first kappa shape index (κ1) is 21.4. The van der Waals surface area contributed by atoms with Gasteiger partial charge in [-0.05, 0) is 65.0 Å². The molecule has 0 bridgehead atoms. The Bertz CT molecular complexity index is 610. The fourth-order valence-electron chi connectivity index (χ4n) is 3.15. The summed E-state index contributed by atoms with van der Waals surface area (Å²) in [5, 5.41) is 3.53. The van der Waals surface area contributed by atoms with E-state index in [1.54, 1.807) is 12.1 Å². The van der Waals surface area contributed by atoms with Crippen molar-refractivity contribution in [2.24, 2.45) is 0 Å². The highest BCUT2D eigenvalue weighted by Gasteiger charge is 2.26. The second-order valence-corrected chi connectivity index (χ2v) is 9.35. The molecule has 1 aliphatic rings. The molecular weight excluding hydrogens is 368 g/mol. The van der Waals surface area contributed by atoms with Gasteiger partial charge in [-0.2, -0.15) is 11.8 Å². The van der Waals surface area contributed by atoms with Crippen LogP contribution in [0, 0.1) is 0 Å². The van der Waals surface area contributed by atoms with Gasteiger partial charge in [-0.15, -0.1) is 0 Å². The van der Waals surface area contributed by atoms with Gasteiger partial charge in [-0.3, -0.25) is 9.69 Å². The molecule has 1 heterocycles. The lowest BCUT2D eigenvalue weighted by Crippen LogP contribution is -2.44. The van der Waals surface area contributed by atoms with Gasteiger partial charge in [0.25, 0.3) is 5.91 Å². The zero-order valence-electron chi connectivity index (χ0n) is 16.5. The molecule has 0 saturated carbocycles. The number of thioether (sulfide) groups is 1. The van der Waals surface area contributed by atoms with E-state index in [9.17, 15) is 4.79 Å². The molecule has 6 heteroatoms. The third-order valence-electron chi connectivity index (χ3n) is 4.48. The van der Waals surface area contributed by atoms with E-state index in [0.29, 0.717) is 22.4 Å². The molecule has 1 unspecified atom stereocenters. The number of hydrogen-bond donors (Lipinski definition) is 1. The predicted octanol–water partition coefficient (Wildman–Crippen LogP) is 4.46. The minimum absolute atomic E-state index is 0.134. The highest BCUT2D eigenvalue weighted by molar-refractivity contribution is 7.98. The van der Waals surface area contributed by atoms with Crippen molar-refractivity contribution in [3.63, 3.8) is 0 Å². The van der Waals surface area contributed by atoms with E-state index in [1.165, 1.54) is 0 Å². The zero-order chi connectivity index (χ0) is 19.3. The Morgan fingerprint density at radius 3 is 2.62 bits per heavy atom. The van der Waals surface area contributed by atoms with E-state index in [2.05, 4.69) is 23.4 Å². The number of halogens is 1. The summed E-state index contributed by atoms with van der Waals surface area (Å²) in [4.78, 5) is 15.1. The lowest BCUT2D eigenvalue weighted by Gasteiger charge is -2.36. The van der Waals surface area contributed by atoms with Crippen LogP contribution in [0.25, 0.3) is 0 Å². The molecule has 1 aromatic carbocycles. The van der Waals surface area contributed by atoms with Gasteiger partial charge in [0.2, 0.25) is 0 Å². The summed E-state index contributed by atoms with van der Waals surface area (Å²) in [6.07, 6.45) is 4.23. The van der Waals surface area contributed by atoms with Gasteiger partial charge in [0.15, 0.2) is 0 Å². The van der Waals surface area contributed by atoms with Crippen molar-refractivity contribution < 1.29 is 9.53 Å². The zero-order valence-corrected chi connectivity index (χ0v) is 18.0. The lowest BCUT2D eigenvalue weighted by atomic mass is 10.1. The maximum absolute atomic E-state index is 12.6. The number of ether oxygens (including phenoxy) is 1. The lowest BCUT2D eigenvalue weighted by molar-refractivity contribution is 0.0815. The molecule has 0 radical (unpaired) electrons. The fourth-order valence-corrected chi connectivity index (χ4v) is 4.02. The topological polar surface area (TPSA) is 41.6 Å². The number of carbonyl (C=O) groups is 1. The molecule has 26 heavy (non-hydrogen) atoms. The summed E-state index contributed by atoms with van der Waals surface area (Å²) < 4.78 is 6.21. The van der Waals surface area contributed by atoms with Crippen LogP contribution < -0.4 is 10.1 Å². The number of piperidine rings is 1. The number of nitrogens with one attached hydrogen (secondary N) is 1. The molecule has 1 fully saturated rings. The maximum atomic E-state index is 12.6. The highest BCUT2D eigenvalue weighted by Crippen LogP contribution is 2.27. The number of nitrogens with zero attached hydrogens (tertiary/aromatic N) is 1. The molecule has 4 nitrogen and oxygen atoms in total. The SMILES string of the molecule is CSCC(C)N1CCC(Oc2ccc(Cl)cc2C(=O)NC(C)(C)C)CC1. The molecule has 0 spiro atoms. The number of amides is 1. The standard InChI is InChI=1S/C20H31ClN2O2S/c1-14(13-26-5)23-10-8-16(9-11-23)25-18-7-6-15(21)12-17(18)19(24)22-20(2,3)4/h6-7,12,14,16H,8-11,13H2,1-5H3,(H,22,24). The number of carbonyl (C=O) groups excluding carboxylic acids is 1. The van der Waals surface area contributed by atoms with Crippen LogP contribution in [-0.4, -0.2) is 53.6 Å². The number of benzene rings is 1. The van der Waals surface area contributed by atoms with E-state index in [4.69, 9.17) is 16.3 Å². The van der Waals surface area contributed by atoms with Crippen molar-refractivity contribution in [1.82, 2.24) is 10.2 Å². The van der Waals surface area contributed by atoms with Gasteiger partial charge in [0, 0.05) is 35.4 Å². The average molecular weight is 399 g/mol.